The zero-order valence-electron chi connectivity index (χ0n) is 13.8. The SMILES string of the molecule is CCc1ccc(OCCCC(=O)Nc2nnc(C(C)C)s2)cc1. The zero-order valence-corrected chi connectivity index (χ0v) is 14.7. The molecular formula is C17H23N3O2S. The molecule has 0 atom stereocenters. The molecule has 23 heavy (non-hydrogen) atoms. The number of carbonyl (C=O) groups is 1. The standard InChI is InChI=1S/C17H23N3O2S/c1-4-13-7-9-14(10-8-13)22-11-5-6-15(21)18-17-20-19-16(23-17)12(2)3/h7-10,12H,4-6,11H2,1-3H3,(H,18,20,21). The minimum absolute atomic E-state index is 0.0543. The van der Waals surface area contributed by atoms with Crippen LogP contribution in [0.2, 0.25) is 0 Å². The molecule has 2 rings (SSSR count). The molecule has 0 aliphatic carbocycles. The fourth-order valence-electron chi connectivity index (χ4n) is 1.94. The molecule has 0 fully saturated rings. The number of aromatic nitrogens is 2. The molecule has 0 unspecified atom stereocenters. The van der Waals surface area contributed by atoms with Gasteiger partial charge in [0.2, 0.25) is 11.0 Å². The number of amides is 1. The Morgan fingerprint density at radius 1 is 1.26 bits per heavy atom. The molecular weight excluding hydrogens is 310 g/mol. The summed E-state index contributed by atoms with van der Waals surface area (Å²) in [6.07, 6.45) is 2.09. The largest absolute Gasteiger partial charge is 0.494 e. The molecule has 1 aromatic heterocycles. The number of rotatable bonds is 8. The third-order valence-electron chi connectivity index (χ3n) is 3.33. The first-order chi connectivity index (χ1) is 11.1. The lowest BCUT2D eigenvalue weighted by molar-refractivity contribution is -0.116. The van der Waals surface area contributed by atoms with Crippen LogP contribution >= 0.6 is 11.3 Å². The minimum atomic E-state index is -0.0543. The molecule has 0 radical (unpaired) electrons. The monoisotopic (exact) mass is 333 g/mol. The van der Waals surface area contributed by atoms with E-state index >= 15 is 0 Å². The van der Waals surface area contributed by atoms with Gasteiger partial charge in [0.1, 0.15) is 10.8 Å². The Kier molecular flexibility index (Phi) is 6.52. The first kappa shape index (κ1) is 17.4. The minimum Gasteiger partial charge on any atom is -0.494 e. The summed E-state index contributed by atoms with van der Waals surface area (Å²) in [5, 5.41) is 12.3. The quantitative estimate of drug-likeness (QED) is 0.741. The highest BCUT2D eigenvalue weighted by Gasteiger charge is 2.10. The lowest BCUT2D eigenvalue weighted by Crippen LogP contribution is -2.12. The van der Waals surface area contributed by atoms with Gasteiger partial charge >= 0.3 is 0 Å². The maximum Gasteiger partial charge on any atom is 0.226 e. The molecule has 0 saturated carbocycles. The second-order valence-electron chi connectivity index (χ2n) is 5.60. The molecule has 0 aliphatic rings. The third kappa shape index (κ3) is 5.63. The van der Waals surface area contributed by atoms with E-state index < -0.39 is 0 Å². The van der Waals surface area contributed by atoms with Gasteiger partial charge < -0.3 is 10.1 Å². The molecule has 0 aliphatic heterocycles. The summed E-state index contributed by atoms with van der Waals surface area (Å²) < 4.78 is 5.64. The fourth-order valence-corrected chi connectivity index (χ4v) is 2.71. The number of hydrogen-bond donors (Lipinski definition) is 1. The van der Waals surface area contributed by atoms with Gasteiger partial charge in [-0.2, -0.15) is 0 Å². The Morgan fingerprint density at radius 3 is 2.61 bits per heavy atom. The lowest BCUT2D eigenvalue weighted by atomic mass is 10.2. The van der Waals surface area contributed by atoms with E-state index in [1.807, 2.05) is 12.1 Å². The maximum atomic E-state index is 11.9. The van der Waals surface area contributed by atoms with Gasteiger partial charge in [-0.15, -0.1) is 10.2 Å². The second-order valence-corrected chi connectivity index (χ2v) is 6.61. The maximum absolute atomic E-state index is 11.9. The van der Waals surface area contributed by atoms with Crippen LogP contribution in [0.1, 0.15) is 50.1 Å². The number of ether oxygens (including phenoxy) is 1. The summed E-state index contributed by atoms with van der Waals surface area (Å²) in [5.74, 6) is 1.11. The molecule has 0 saturated heterocycles. The highest BCUT2D eigenvalue weighted by Crippen LogP contribution is 2.22. The van der Waals surface area contributed by atoms with Gasteiger partial charge in [-0.3, -0.25) is 4.79 Å². The molecule has 1 aromatic carbocycles. The van der Waals surface area contributed by atoms with Crippen LogP contribution in [0.25, 0.3) is 0 Å². The summed E-state index contributed by atoms with van der Waals surface area (Å²) in [7, 11) is 0. The van der Waals surface area contributed by atoms with E-state index in [0.717, 1.165) is 17.2 Å². The van der Waals surface area contributed by atoms with Gasteiger partial charge in [0, 0.05) is 12.3 Å². The molecule has 1 N–H and O–H groups in total. The van der Waals surface area contributed by atoms with Gasteiger partial charge in [-0.05, 0) is 30.5 Å². The van der Waals surface area contributed by atoms with Crippen LogP contribution in [0.4, 0.5) is 5.13 Å². The van der Waals surface area contributed by atoms with Gasteiger partial charge in [-0.25, -0.2) is 0 Å². The van der Waals surface area contributed by atoms with E-state index in [0.29, 0.717) is 30.5 Å². The van der Waals surface area contributed by atoms with Crippen molar-refractivity contribution in [3.05, 3.63) is 34.8 Å². The number of carbonyl (C=O) groups excluding carboxylic acids is 1. The van der Waals surface area contributed by atoms with Gasteiger partial charge in [0.25, 0.3) is 0 Å². The number of benzene rings is 1. The Bertz CT molecular complexity index is 623. The fraction of sp³-hybridized carbons (Fsp3) is 0.471. The summed E-state index contributed by atoms with van der Waals surface area (Å²) in [6, 6.07) is 8.05. The lowest BCUT2D eigenvalue weighted by Gasteiger charge is -2.06. The molecule has 0 spiro atoms. The van der Waals surface area contributed by atoms with Crippen molar-refractivity contribution in [3.63, 3.8) is 0 Å². The van der Waals surface area contributed by atoms with Gasteiger partial charge in [-0.1, -0.05) is 44.2 Å². The zero-order chi connectivity index (χ0) is 16.7. The predicted molar refractivity (Wildman–Crippen MR) is 93.2 cm³/mol. The van der Waals surface area contributed by atoms with Crippen molar-refractivity contribution in [2.75, 3.05) is 11.9 Å². The van der Waals surface area contributed by atoms with Crippen molar-refractivity contribution < 1.29 is 9.53 Å². The van der Waals surface area contributed by atoms with E-state index in [2.05, 4.69) is 48.4 Å². The van der Waals surface area contributed by atoms with Gasteiger partial charge in [0.05, 0.1) is 6.61 Å². The molecule has 1 heterocycles. The topological polar surface area (TPSA) is 64.1 Å². The van der Waals surface area contributed by atoms with Crippen LogP contribution in [0.3, 0.4) is 0 Å². The van der Waals surface area contributed by atoms with Crippen LogP contribution in [-0.4, -0.2) is 22.7 Å². The number of hydrogen-bond acceptors (Lipinski definition) is 5. The van der Waals surface area contributed by atoms with Crippen LogP contribution in [0.5, 0.6) is 5.75 Å². The average molecular weight is 333 g/mol. The number of nitrogens with zero attached hydrogens (tertiary/aromatic N) is 2. The highest BCUT2D eigenvalue weighted by atomic mass is 32.1. The molecule has 5 nitrogen and oxygen atoms in total. The summed E-state index contributed by atoms with van der Waals surface area (Å²) in [4.78, 5) is 11.9. The predicted octanol–water partition coefficient (Wildman–Crippen LogP) is 4.02. The molecule has 1 amide bonds. The normalized spacial score (nSPS) is 10.8. The Hall–Kier alpha value is -1.95. The Balaban J connectivity index is 1.67. The highest BCUT2D eigenvalue weighted by molar-refractivity contribution is 7.15. The van der Waals surface area contributed by atoms with Crippen molar-refractivity contribution in [2.24, 2.45) is 0 Å². The number of aryl methyl sites for hydroxylation is 1. The Labute approximate surface area is 141 Å². The third-order valence-corrected chi connectivity index (χ3v) is 4.47. The van der Waals surface area contributed by atoms with Crippen molar-refractivity contribution in [1.82, 2.24) is 10.2 Å². The molecule has 6 heteroatoms. The van der Waals surface area contributed by atoms with Crippen molar-refractivity contribution in [1.29, 1.82) is 0 Å². The van der Waals surface area contributed by atoms with Crippen molar-refractivity contribution in [3.8, 4) is 5.75 Å². The summed E-state index contributed by atoms with van der Waals surface area (Å²) in [5.41, 5.74) is 1.29. The second kappa shape index (κ2) is 8.62. The van der Waals surface area contributed by atoms with E-state index in [9.17, 15) is 4.79 Å². The van der Waals surface area contributed by atoms with Crippen molar-refractivity contribution in [2.45, 2.75) is 46.0 Å². The van der Waals surface area contributed by atoms with Gasteiger partial charge in [0.15, 0.2) is 0 Å². The average Bonchev–Trinajstić information content (AvgIpc) is 3.01. The van der Waals surface area contributed by atoms with Crippen LogP contribution in [0, 0.1) is 0 Å². The Morgan fingerprint density at radius 2 is 2.00 bits per heavy atom. The molecule has 124 valence electrons. The number of nitrogens with one attached hydrogen (secondary N) is 1. The van der Waals surface area contributed by atoms with E-state index in [1.165, 1.54) is 16.9 Å². The van der Waals surface area contributed by atoms with Crippen LogP contribution in [0.15, 0.2) is 24.3 Å². The smallest absolute Gasteiger partial charge is 0.226 e. The molecule has 0 bridgehead atoms. The van der Waals surface area contributed by atoms with Crippen LogP contribution in [-0.2, 0) is 11.2 Å². The van der Waals surface area contributed by atoms with Crippen LogP contribution < -0.4 is 10.1 Å². The first-order valence-electron chi connectivity index (χ1n) is 7.93. The summed E-state index contributed by atoms with van der Waals surface area (Å²) in [6.45, 7) is 6.75. The molecule has 2 aromatic rings. The van der Waals surface area contributed by atoms with E-state index in [4.69, 9.17) is 4.74 Å². The first-order valence-corrected chi connectivity index (χ1v) is 8.75. The summed E-state index contributed by atoms with van der Waals surface area (Å²) >= 11 is 1.42. The van der Waals surface area contributed by atoms with E-state index in [1.54, 1.807) is 0 Å². The number of anilines is 1. The van der Waals surface area contributed by atoms with Crippen molar-refractivity contribution >= 4 is 22.4 Å². The van der Waals surface area contributed by atoms with E-state index in [-0.39, 0.29) is 5.91 Å².